The lowest BCUT2D eigenvalue weighted by Gasteiger charge is -2.27. The highest BCUT2D eigenvalue weighted by atomic mass is 16.3. The molecule has 1 amide bonds. The summed E-state index contributed by atoms with van der Waals surface area (Å²) in [5, 5.41) is 13.8. The minimum atomic E-state index is -0.250. The monoisotopic (exact) mass is 435 g/mol. The zero-order chi connectivity index (χ0) is 23.6. The van der Waals surface area contributed by atoms with Crippen LogP contribution in [0.5, 0.6) is 0 Å². The molecule has 0 spiro atoms. The highest BCUT2D eigenvalue weighted by Gasteiger charge is 2.27. The smallest absolute Gasteiger partial charge is 0.290 e. The molecule has 1 aliphatic rings. The molecule has 2 aromatic rings. The number of pyridine rings is 1. The third kappa shape index (κ3) is 6.78. The van der Waals surface area contributed by atoms with Crippen LogP contribution in [0.25, 0.3) is 0 Å². The molecule has 0 radical (unpaired) electrons. The van der Waals surface area contributed by atoms with Crippen LogP contribution in [-0.2, 0) is 22.6 Å². The molecule has 0 saturated heterocycles. The summed E-state index contributed by atoms with van der Waals surface area (Å²) in [4.78, 5) is 53.8. The van der Waals surface area contributed by atoms with Gasteiger partial charge in [-0.2, -0.15) is 0 Å². The molecule has 1 unspecified atom stereocenters. The van der Waals surface area contributed by atoms with Crippen molar-refractivity contribution in [2.45, 2.75) is 32.9 Å². The Morgan fingerprint density at radius 2 is 1.94 bits per heavy atom. The second-order valence-corrected chi connectivity index (χ2v) is 7.21. The molecule has 31 heavy (non-hydrogen) atoms. The van der Waals surface area contributed by atoms with Crippen LogP contribution in [-0.4, -0.2) is 80.6 Å². The predicted octanol–water partition coefficient (Wildman–Crippen LogP) is 0.603. The quantitative estimate of drug-likeness (QED) is 0.591. The van der Waals surface area contributed by atoms with E-state index >= 15 is 0 Å². The van der Waals surface area contributed by atoms with Crippen LogP contribution in [0.4, 0.5) is 0 Å². The SMILES string of the molecule is Cc1ccn(C(C)CN(C)C)c(=O)c1C(=O)N1CCc2nc[nH]c2C1.O=CO.O=CO. The first-order valence-corrected chi connectivity index (χ1v) is 9.54. The van der Waals surface area contributed by atoms with Crippen molar-refractivity contribution < 1.29 is 24.6 Å². The van der Waals surface area contributed by atoms with Crippen molar-refractivity contribution >= 4 is 18.9 Å². The van der Waals surface area contributed by atoms with E-state index in [0.29, 0.717) is 19.5 Å². The van der Waals surface area contributed by atoms with Crippen LogP contribution in [0.1, 0.15) is 40.3 Å². The number of imidazole rings is 1. The number of H-pyrrole nitrogens is 1. The molecule has 1 aliphatic heterocycles. The Hall–Kier alpha value is -3.47. The third-order valence-corrected chi connectivity index (χ3v) is 4.71. The first-order valence-electron chi connectivity index (χ1n) is 9.54. The highest BCUT2D eigenvalue weighted by Crippen LogP contribution is 2.18. The Morgan fingerprint density at radius 3 is 2.52 bits per heavy atom. The standard InChI is InChI=1S/C18H25N5O2.2CH2O2/c1-12-5-8-23(13(2)9-21(3)4)18(25)16(12)17(24)22-7-6-14-15(10-22)20-11-19-14;2*2-1-3/h5,8,11,13H,6-7,9-10H2,1-4H3,(H,19,20);2*1H,(H,2,3). The molecule has 3 N–H and O–H groups in total. The van der Waals surface area contributed by atoms with E-state index in [1.165, 1.54) is 0 Å². The van der Waals surface area contributed by atoms with Crippen LogP contribution in [0.15, 0.2) is 23.4 Å². The third-order valence-electron chi connectivity index (χ3n) is 4.71. The minimum absolute atomic E-state index is 0.00443. The van der Waals surface area contributed by atoms with Crippen LogP contribution in [0.3, 0.4) is 0 Å². The van der Waals surface area contributed by atoms with E-state index in [1.54, 1.807) is 22.0 Å². The maximum absolute atomic E-state index is 13.0. The molecule has 1 atom stereocenters. The number of aromatic amines is 1. The molecule has 0 fully saturated rings. The molecule has 3 heterocycles. The van der Waals surface area contributed by atoms with E-state index < -0.39 is 0 Å². The Labute approximate surface area is 179 Å². The number of carbonyl (C=O) groups excluding carboxylic acids is 1. The van der Waals surface area contributed by atoms with Crippen molar-refractivity contribution in [3.8, 4) is 0 Å². The molecule has 0 aromatic carbocycles. The van der Waals surface area contributed by atoms with Gasteiger partial charge in [-0.15, -0.1) is 0 Å². The van der Waals surface area contributed by atoms with Gasteiger partial charge in [-0.05, 0) is 39.6 Å². The number of aryl methyl sites for hydroxylation is 1. The Morgan fingerprint density at radius 1 is 1.32 bits per heavy atom. The summed E-state index contributed by atoms with van der Waals surface area (Å²) in [6.45, 7) is 5.09. The van der Waals surface area contributed by atoms with Gasteiger partial charge in [-0.1, -0.05) is 0 Å². The maximum atomic E-state index is 13.0. The average molecular weight is 435 g/mol. The van der Waals surface area contributed by atoms with Gasteiger partial charge in [0.25, 0.3) is 24.4 Å². The van der Waals surface area contributed by atoms with Gasteiger partial charge in [0, 0.05) is 31.7 Å². The normalized spacial score (nSPS) is 13.1. The molecule has 170 valence electrons. The van der Waals surface area contributed by atoms with Crippen molar-refractivity contribution in [3.05, 3.63) is 51.5 Å². The molecule has 2 aromatic heterocycles. The molecule has 0 saturated carbocycles. The van der Waals surface area contributed by atoms with Crippen molar-refractivity contribution in [1.29, 1.82) is 0 Å². The van der Waals surface area contributed by atoms with E-state index in [9.17, 15) is 9.59 Å². The lowest BCUT2D eigenvalue weighted by molar-refractivity contribution is -0.123. The topological polar surface area (TPSA) is 149 Å². The van der Waals surface area contributed by atoms with Gasteiger partial charge in [0.15, 0.2) is 0 Å². The maximum Gasteiger partial charge on any atom is 0.290 e. The summed E-state index contributed by atoms with van der Waals surface area (Å²) < 4.78 is 1.66. The Balaban J connectivity index is 0.000000720. The van der Waals surface area contributed by atoms with Crippen LogP contribution < -0.4 is 5.56 Å². The molecule has 11 heteroatoms. The largest absolute Gasteiger partial charge is 0.483 e. The van der Waals surface area contributed by atoms with E-state index in [0.717, 1.165) is 23.5 Å². The molecule has 3 rings (SSSR count). The van der Waals surface area contributed by atoms with Crippen molar-refractivity contribution in [2.75, 3.05) is 27.2 Å². The second-order valence-electron chi connectivity index (χ2n) is 7.21. The molecular weight excluding hydrogens is 406 g/mol. The van der Waals surface area contributed by atoms with Gasteiger partial charge in [-0.3, -0.25) is 19.2 Å². The number of carbonyl (C=O) groups is 3. The number of amides is 1. The van der Waals surface area contributed by atoms with Gasteiger partial charge in [-0.25, -0.2) is 4.98 Å². The Kier molecular flexibility index (Phi) is 10.1. The van der Waals surface area contributed by atoms with Gasteiger partial charge in [0.2, 0.25) is 0 Å². The summed E-state index contributed by atoms with van der Waals surface area (Å²) >= 11 is 0. The number of hydrogen-bond acceptors (Lipinski definition) is 6. The molecule has 11 nitrogen and oxygen atoms in total. The fraction of sp³-hybridized carbons (Fsp3) is 0.450. The zero-order valence-corrected chi connectivity index (χ0v) is 18.1. The zero-order valence-electron chi connectivity index (χ0n) is 18.1. The van der Waals surface area contributed by atoms with Crippen molar-refractivity contribution in [3.63, 3.8) is 0 Å². The van der Waals surface area contributed by atoms with E-state index in [4.69, 9.17) is 19.8 Å². The molecular formula is C20H29N5O6. The van der Waals surface area contributed by atoms with Crippen molar-refractivity contribution in [1.82, 2.24) is 24.3 Å². The molecule has 0 bridgehead atoms. The number of fused-ring (bicyclic) bond motifs is 1. The van der Waals surface area contributed by atoms with E-state index in [-0.39, 0.29) is 36.0 Å². The van der Waals surface area contributed by atoms with Gasteiger partial charge in [0.1, 0.15) is 5.56 Å². The first-order chi connectivity index (χ1) is 14.7. The number of likely N-dealkylation sites (N-methyl/N-ethyl adjacent to an activating group) is 1. The summed E-state index contributed by atoms with van der Waals surface area (Å²) in [6, 6.07) is 1.85. The van der Waals surface area contributed by atoms with E-state index in [1.807, 2.05) is 38.9 Å². The lowest BCUT2D eigenvalue weighted by Crippen LogP contribution is -2.41. The van der Waals surface area contributed by atoms with Gasteiger partial charge >= 0.3 is 0 Å². The number of rotatable bonds is 4. The summed E-state index contributed by atoms with van der Waals surface area (Å²) in [5.41, 5.74) is 2.74. The van der Waals surface area contributed by atoms with Crippen molar-refractivity contribution in [2.24, 2.45) is 0 Å². The first kappa shape index (κ1) is 25.6. The number of nitrogens with one attached hydrogen (secondary N) is 1. The number of aromatic nitrogens is 3. The van der Waals surface area contributed by atoms with Crippen LogP contribution >= 0.6 is 0 Å². The summed E-state index contributed by atoms with van der Waals surface area (Å²) in [7, 11) is 3.94. The lowest BCUT2D eigenvalue weighted by atomic mass is 10.1. The summed E-state index contributed by atoms with van der Waals surface area (Å²) in [6.07, 6.45) is 4.15. The predicted molar refractivity (Wildman–Crippen MR) is 113 cm³/mol. The highest BCUT2D eigenvalue weighted by molar-refractivity contribution is 5.95. The fourth-order valence-corrected chi connectivity index (χ4v) is 3.41. The second kappa shape index (κ2) is 12.3. The summed E-state index contributed by atoms with van der Waals surface area (Å²) in [5.74, 6) is -0.200. The van der Waals surface area contributed by atoms with Crippen LogP contribution in [0.2, 0.25) is 0 Å². The average Bonchev–Trinajstić information content (AvgIpc) is 3.16. The van der Waals surface area contributed by atoms with Gasteiger partial charge < -0.3 is 29.6 Å². The minimum Gasteiger partial charge on any atom is -0.483 e. The van der Waals surface area contributed by atoms with Gasteiger partial charge in [0.05, 0.1) is 24.3 Å². The van der Waals surface area contributed by atoms with E-state index in [2.05, 4.69) is 9.97 Å². The molecule has 0 aliphatic carbocycles. The number of carboxylic acid groups (broad SMARTS) is 2. The fourth-order valence-electron chi connectivity index (χ4n) is 3.41. The number of hydrogen-bond donors (Lipinski definition) is 3. The Bertz CT molecular complexity index is 930. The van der Waals surface area contributed by atoms with Crippen LogP contribution in [0, 0.1) is 6.92 Å². The number of nitrogens with zero attached hydrogens (tertiary/aromatic N) is 4.